The second kappa shape index (κ2) is 5.96. The first kappa shape index (κ1) is 13.7. The fourth-order valence-electron chi connectivity index (χ4n) is 2.39. The number of likely N-dealkylation sites (tertiary alicyclic amines) is 1. The van der Waals surface area contributed by atoms with E-state index in [2.05, 4.69) is 4.90 Å². The molecule has 4 heteroatoms. The third-order valence-corrected chi connectivity index (χ3v) is 3.65. The number of hydrogen-bond donors (Lipinski definition) is 1. The number of nitriles is 1. The molecular weight excluding hydrogens is 240 g/mol. The van der Waals surface area contributed by atoms with Gasteiger partial charge in [0, 0.05) is 18.7 Å². The largest absolute Gasteiger partial charge is 0.393 e. The van der Waals surface area contributed by atoms with Gasteiger partial charge in [-0.05, 0) is 24.5 Å². The Morgan fingerprint density at radius 2 is 2.16 bits per heavy atom. The van der Waals surface area contributed by atoms with Crippen LogP contribution < -0.4 is 0 Å². The fourth-order valence-corrected chi connectivity index (χ4v) is 2.39. The Hall–Kier alpha value is -1.70. The Bertz CT molecular complexity index is 490. The molecule has 4 nitrogen and oxygen atoms in total. The predicted molar refractivity (Wildman–Crippen MR) is 71.7 cm³/mol. The second-order valence-corrected chi connectivity index (χ2v) is 5.18. The zero-order valence-corrected chi connectivity index (χ0v) is 11.0. The molecule has 19 heavy (non-hydrogen) atoms. The zero-order valence-electron chi connectivity index (χ0n) is 11.0. The van der Waals surface area contributed by atoms with Gasteiger partial charge in [-0.3, -0.25) is 9.69 Å². The maximum Gasteiger partial charge on any atom is 0.176 e. The fraction of sp³-hybridized carbons (Fsp3) is 0.467. The highest BCUT2D eigenvalue weighted by atomic mass is 16.3. The van der Waals surface area contributed by atoms with E-state index in [1.807, 2.05) is 13.0 Å². The number of aliphatic hydroxyl groups excluding tert-OH is 1. The van der Waals surface area contributed by atoms with Crippen LogP contribution in [0.4, 0.5) is 0 Å². The van der Waals surface area contributed by atoms with Crippen LogP contribution in [0.15, 0.2) is 24.3 Å². The number of piperidine rings is 1. The van der Waals surface area contributed by atoms with Gasteiger partial charge in [0.25, 0.3) is 0 Å². The standard InChI is InChI=1S/C15H18N2O2/c1-11-9-17(7-6-14(11)18)10-15(19)13-4-2-12(8-16)3-5-13/h2-5,11,14,18H,6-7,9-10H2,1H3. The van der Waals surface area contributed by atoms with Crippen LogP contribution in [0.1, 0.15) is 29.3 Å². The van der Waals surface area contributed by atoms with E-state index in [-0.39, 0.29) is 17.8 Å². The van der Waals surface area contributed by atoms with E-state index in [4.69, 9.17) is 5.26 Å². The second-order valence-electron chi connectivity index (χ2n) is 5.18. The average molecular weight is 258 g/mol. The van der Waals surface area contributed by atoms with Gasteiger partial charge in [0.05, 0.1) is 24.3 Å². The quantitative estimate of drug-likeness (QED) is 0.833. The van der Waals surface area contributed by atoms with Crippen LogP contribution in [0.25, 0.3) is 0 Å². The van der Waals surface area contributed by atoms with Crippen LogP contribution in [-0.2, 0) is 0 Å². The normalized spacial score (nSPS) is 23.8. The Labute approximate surface area is 113 Å². The van der Waals surface area contributed by atoms with Gasteiger partial charge in [-0.15, -0.1) is 0 Å². The number of benzene rings is 1. The Morgan fingerprint density at radius 3 is 2.74 bits per heavy atom. The lowest BCUT2D eigenvalue weighted by atomic mass is 9.96. The van der Waals surface area contributed by atoms with Crippen molar-refractivity contribution in [2.24, 2.45) is 5.92 Å². The number of nitrogens with zero attached hydrogens (tertiary/aromatic N) is 2. The number of carbonyl (C=O) groups is 1. The maximum absolute atomic E-state index is 12.1. The molecule has 1 aliphatic heterocycles. The Morgan fingerprint density at radius 1 is 1.47 bits per heavy atom. The summed E-state index contributed by atoms with van der Waals surface area (Å²) in [6.07, 6.45) is 0.475. The van der Waals surface area contributed by atoms with E-state index in [0.717, 1.165) is 19.5 Å². The van der Waals surface area contributed by atoms with Crippen molar-refractivity contribution >= 4 is 5.78 Å². The molecule has 1 aromatic rings. The number of rotatable bonds is 3. The number of hydrogen-bond acceptors (Lipinski definition) is 4. The van der Waals surface area contributed by atoms with E-state index in [1.54, 1.807) is 24.3 Å². The van der Waals surface area contributed by atoms with Crippen LogP contribution in [0.2, 0.25) is 0 Å². The van der Waals surface area contributed by atoms with Crippen molar-refractivity contribution in [3.63, 3.8) is 0 Å². The number of carbonyl (C=O) groups excluding carboxylic acids is 1. The molecule has 2 unspecified atom stereocenters. The lowest BCUT2D eigenvalue weighted by molar-refractivity contribution is 0.0344. The Kier molecular flexibility index (Phi) is 4.31. The summed E-state index contributed by atoms with van der Waals surface area (Å²) in [5.41, 5.74) is 1.20. The molecule has 0 bridgehead atoms. The highest BCUT2D eigenvalue weighted by molar-refractivity contribution is 5.97. The Balaban J connectivity index is 1.95. The van der Waals surface area contributed by atoms with E-state index >= 15 is 0 Å². The molecule has 1 saturated heterocycles. The molecule has 0 radical (unpaired) electrons. The molecule has 1 N–H and O–H groups in total. The lowest BCUT2D eigenvalue weighted by Gasteiger charge is -2.33. The van der Waals surface area contributed by atoms with Crippen molar-refractivity contribution in [3.8, 4) is 6.07 Å². The van der Waals surface area contributed by atoms with Crippen molar-refractivity contribution in [1.29, 1.82) is 5.26 Å². The number of ketones is 1. The molecule has 0 amide bonds. The first-order chi connectivity index (χ1) is 9.10. The number of aliphatic hydroxyl groups is 1. The average Bonchev–Trinajstić information content (AvgIpc) is 2.43. The maximum atomic E-state index is 12.1. The minimum atomic E-state index is -0.249. The van der Waals surface area contributed by atoms with Crippen molar-refractivity contribution in [1.82, 2.24) is 4.90 Å². The summed E-state index contributed by atoms with van der Waals surface area (Å²) in [7, 11) is 0. The molecule has 1 aromatic carbocycles. The molecule has 0 aliphatic carbocycles. The summed E-state index contributed by atoms with van der Waals surface area (Å²) in [5, 5.41) is 18.4. The smallest absolute Gasteiger partial charge is 0.176 e. The topological polar surface area (TPSA) is 64.3 Å². The summed E-state index contributed by atoms with van der Waals surface area (Å²) in [4.78, 5) is 14.2. The van der Waals surface area contributed by atoms with Crippen molar-refractivity contribution in [3.05, 3.63) is 35.4 Å². The van der Waals surface area contributed by atoms with Gasteiger partial charge in [-0.1, -0.05) is 19.1 Å². The highest BCUT2D eigenvalue weighted by Crippen LogP contribution is 2.17. The summed E-state index contributed by atoms with van der Waals surface area (Å²) in [6.45, 7) is 3.89. The van der Waals surface area contributed by atoms with E-state index < -0.39 is 0 Å². The van der Waals surface area contributed by atoms with Crippen LogP contribution in [0.5, 0.6) is 0 Å². The number of Topliss-reactive ketones (excluding diaryl/α,β-unsaturated/α-hetero) is 1. The molecule has 100 valence electrons. The van der Waals surface area contributed by atoms with E-state index in [1.165, 1.54) is 0 Å². The monoisotopic (exact) mass is 258 g/mol. The third-order valence-electron chi connectivity index (χ3n) is 3.65. The SMILES string of the molecule is CC1CN(CC(=O)c2ccc(C#N)cc2)CCC1O. The first-order valence-electron chi connectivity index (χ1n) is 6.54. The van der Waals surface area contributed by atoms with Crippen LogP contribution >= 0.6 is 0 Å². The minimum Gasteiger partial charge on any atom is -0.393 e. The first-order valence-corrected chi connectivity index (χ1v) is 6.54. The zero-order chi connectivity index (χ0) is 13.8. The molecule has 1 heterocycles. The van der Waals surface area contributed by atoms with Gasteiger partial charge in [0.2, 0.25) is 0 Å². The van der Waals surface area contributed by atoms with Crippen molar-refractivity contribution in [2.45, 2.75) is 19.4 Å². The molecule has 0 spiro atoms. The summed E-state index contributed by atoms with van der Waals surface area (Å²) in [6, 6.07) is 8.76. The molecule has 0 aromatic heterocycles. The van der Waals surface area contributed by atoms with E-state index in [0.29, 0.717) is 17.7 Å². The molecule has 1 fully saturated rings. The minimum absolute atomic E-state index is 0.0630. The molecule has 2 rings (SSSR count). The lowest BCUT2D eigenvalue weighted by Crippen LogP contribution is -2.44. The van der Waals surface area contributed by atoms with Crippen LogP contribution in [-0.4, -0.2) is 41.5 Å². The van der Waals surface area contributed by atoms with Crippen LogP contribution in [0.3, 0.4) is 0 Å². The third kappa shape index (κ3) is 3.40. The van der Waals surface area contributed by atoms with Crippen LogP contribution in [0, 0.1) is 17.2 Å². The van der Waals surface area contributed by atoms with Gasteiger partial charge in [0.15, 0.2) is 5.78 Å². The predicted octanol–water partition coefficient (Wildman–Crippen LogP) is 1.44. The van der Waals surface area contributed by atoms with Gasteiger partial charge < -0.3 is 5.11 Å². The van der Waals surface area contributed by atoms with Crippen molar-refractivity contribution < 1.29 is 9.90 Å². The highest BCUT2D eigenvalue weighted by Gasteiger charge is 2.25. The van der Waals surface area contributed by atoms with E-state index in [9.17, 15) is 9.90 Å². The summed E-state index contributed by atoms with van der Waals surface area (Å²) >= 11 is 0. The van der Waals surface area contributed by atoms with Gasteiger partial charge >= 0.3 is 0 Å². The van der Waals surface area contributed by atoms with Crippen molar-refractivity contribution in [2.75, 3.05) is 19.6 Å². The van der Waals surface area contributed by atoms with Gasteiger partial charge in [-0.25, -0.2) is 0 Å². The van der Waals surface area contributed by atoms with Gasteiger partial charge in [-0.2, -0.15) is 5.26 Å². The summed E-state index contributed by atoms with van der Waals surface area (Å²) < 4.78 is 0. The van der Waals surface area contributed by atoms with Gasteiger partial charge in [0.1, 0.15) is 0 Å². The molecular formula is C15H18N2O2. The molecule has 2 atom stereocenters. The molecule has 0 saturated carbocycles. The molecule has 1 aliphatic rings. The summed E-state index contributed by atoms with van der Waals surface area (Å²) in [5.74, 6) is 0.274.